The van der Waals surface area contributed by atoms with Crippen LogP contribution in [0.3, 0.4) is 0 Å². The fourth-order valence-electron chi connectivity index (χ4n) is 3.92. The minimum Gasteiger partial charge on any atom is -0.497 e. The summed E-state index contributed by atoms with van der Waals surface area (Å²) < 4.78 is 5.25. The van der Waals surface area contributed by atoms with Crippen molar-refractivity contribution in [3.05, 3.63) is 59.9 Å². The van der Waals surface area contributed by atoms with E-state index in [2.05, 4.69) is 50.3 Å². The van der Waals surface area contributed by atoms with Crippen molar-refractivity contribution in [1.29, 1.82) is 0 Å². The van der Waals surface area contributed by atoms with E-state index in [0.717, 1.165) is 56.4 Å². The van der Waals surface area contributed by atoms with Crippen LogP contribution in [0.5, 0.6) is 5.75 Å². The molecule has 3 aromatic rings. The van der Waals surface area contributed by atoms with Crippen LogP contribution in [0.15, 0.2) is 48.5 Å². The number of hydrogen-bond acceptors (Lipinski definition) is 7. The molecule has 2 aromatic carbocycles. The van der Waals surface area contributed by atoms with Gasteiger partial charge in [-0.2, -0.15) is 15.0 Å². The maximum absolute atomic E-state index is 5.98. The third kappa shape index (κ3) is 5.21. The lowest BCUT2D eigenvalue weighted by atomic mass is 10.1. The van der Waals surface area contributed by atoms with E-state index >= 15 is 0 Å². The Labute approximate surface area is 183 Å². The van der Waals surface area contributed by atoms with Gasteiger partial charge in [0.25, 0.3) is 0 Å². The van der Waals surface area contributed by atoms with Gasteiger partial charge in [-0.3, -0.25) is 0 Å². The number of benzene rings is 2. The van der Waals surface area contributed by atoms with Crippen molar-refractivity contribution < 1.29 is 9.64 Å². The molecule has 0 radical (unpaired) electrons. The van der Waals surface area contributed by atoms with Crippen LogP contribution in [0.1, 0.15) is 18.3 Å². The number of aryl methyl sites for hydroxylation is 1. The summed E-state index contributed by atoms with van der Waals surface area (Å²) in [5.74, 6) is 2.35. The first-order valence-electron chi connectivity index (χ1n) is 10.7. The second kappa shape index (κ2) is 9.61. The average Bonchev–Trinajstić information content (AvgIpc) is 2.80. The molecule has 4 rings (SSSR count). The number of aromatic nitrogens is 3. The molecular formula is C23H30N7O+. The predicted molar refractivity (Wildman–Crippen MR) is 123 cm³/mol. The molecule has 4 N–H and O–H groups in total. The number of nitrogens with zero attached hydrogens (tertiary/aromatic N) is 4. The first-order valence-corrected chi connectivity index (χ1v) is 10.7. The molecule has 2 heterocycles. The first kappa shape index (κ1) is 20.9. The van der Waals surface area contributed by atoms with E-state index < -0.39 is 0 Å². The minimum absolute atomic E-state index is 0.248. The highest BCUT2D eigenvalue weighted by Crippen LogP contribution is 2.20. The Morgan fingerprint density at radius 3 is 2.48 bits per heavy atom. The third-order valence-electron chi connectivity index (χ3n) is 5.66. The number of nitrogen functional groups attached to an aromatic ring is 1. The SMILES string of the molecule is CCc1ccccc1Nc1nc(N)nc(C[NH+]2CCN(c3ccc(OC)cc3)CC2)n1. The van der Waals surface area contributed by atoms with Gasteiger partial charge in [-0.15, -0.1) is 0 Å². The maximum Gasteiger partial charge on any atom is 0.232 e. The molecular weight excluding hydrogens is 390 g/mol. The quantitative estimate of drug-likeness (QED) is 0.535. The third-order valence-corrected chi connectivity index (χ3v) is 5.66. The lowest BCUT2D eigenvalue weighted by Crippen LogP contribution is -3.13. The number of rotatable bonds is 7. The van der Waals surface area contributed by atoms with Gasteiger partial charge >= 0.3 is 0 Å². The summed E-state index contributed by atoms with van der Waals surface area (Å²) in [6.07, 6.45) is 0.930. The molecule has 8 heteroatoms. The Bertz CT molecular complexity index is 1000. The topological polar surface area (TPSA) is 93.6 Å². The van der Waals surface area contributed by atoms with Crippen LogP contribution in [-0.2, 0) is 13.0 Å². The van der Waals surface area contributed by atoms with Crippen molar-refractivity contribution in [2.75, 3.05) is 49.2 Å². The van der Waals surface area contributed by atoms with Crippen molar-refractivity contribution in [3.63, 3.8) is 0 Å². The van der Waals surface area contributed by atoms with Gasteiger partial charge in [0.2, 0.25) is 11.9 Å². The Kier molecular flexibility index (Phi) is 6.47. The van der Waals surface area contributed by atoms with Gasteiger partial charge in [0, 0.05) is 11.4 Å². The number of hydrogen-bond donors (Lipinski definition) is 3. The van der Waals surface area contributed by atoms with Crippen molar-refractivity contribution in [1.82, 2.24) is 15.0 Å². The normalized spacial score (nSPS) is 14.5. The number of piperazine rings is 1. The van der Waals surface area contributed by atoms with E-state index in [1.54, 1.807) is 7.11 Å². The van der Waals surface area contributed by atoms with Crippen LogP contribution in [0.4, 0.5) is 23.3 Å². The Hall–Kier alpha value is -3.39. The number of nitrogens with two attached hydrogens (primary N) is 1. The molecule has 0 saturated carbocycles. The van der Waals surface area contributed by atoms with Gasteiger partial charge in [0.15, 0.2) is 5.82 Å². The fourth-order valence-corrected chi connectivity index (χ4v) is 3.92. The number of para-hydroxylation sites is 1. The second-order valence-corrected chi connectivity index (χ2v) is 7.68. The number of ether oxygens (including phenoxy) is 1. The van der Waals surface area contributed by atoms with E-state index in [-0.39, 0.29) is 5.95 Å². The van der Waals surface area contributed by atoms with Gasteiger partial charge in [-0.05, 0) is 42.3 Å². The van der Waals surface area contributed by atoms with Gasteiger partial charge in [0.05, 0.1) is 33.3 Å². The highest BCUT2D eigenvalue weighted by atomic mass is 16.5. The smallest absolute Gasteiger partial charge is 0.232 e. The molecule has 0 atom stereocenters. The summed E-state index contributed by atoms with van der Waals surface area (Å²) in [7, 11) is 1.69. The lowest BCUT2D eigenvalue weighted by Gasteiger charge is -2.33. The monoisotopic (exact) mass is 420 g/mol. The molecule has 0 amide bonds. The number of methoxy groups -OCH3 is 1. The van der Waals surface area contributed by atoms with E-state index in [1.165, 1.54) is 16.2 Å². The molecule has 0 unspecified atom stereocenters. The average molecular weight is 421 g/mol. The van der Waals surface area contributed by atoms with Crippen LogP contribution in [0, 0.1) is 0 Å². The molecule has 0 spiro atoms. The molecule has 8 nitrogen and oxygen atoms in total. The van der Waals surface area contributed by atoms with Crippen molar-refractivity contribution in [2.24, 2.45) is 0 Å². The summed E-state index contributed by atoms with van der Waals surface area (Å²) in [6.45, 7) is 6.85. The first-order chi connectivity index (χ1) is 15.1. The Balaban J connectivity index is 1.38. The zero-order valence-electron chi connectivity index (χ0n) is 18.1. The zero-order valence-corrected chi connectivity index (χ0v) is 18.1. The molecule has 0 bridgehead atoms. The van der Waals surface area contributed by atoms with Crippen molar-refractivity contribution in [3.8, 4) is 5.75 Å². The van der Waals surface area contributed by atoms with E-state index in [1.807, 2.05) is 30.3 Å². The van der Waals surface area contributed by atoms with Crippen LogP contribution >= 0.6 is 0 Å². The van der Waals surface area contributed by atoms with Gasteiger partial charge in [-0.1, -0.05) is 25.1 Å². The summed E-state index contributed by atoms with van der Waals surface area (Å²) in [4.78, 5) is 17.1. The van der Waals surface area contributed by atoms with E-state index in [4.69, 9.17) is 10.5 Å². The van der Waals surface area contributed by atoms with Gasteiger partial charge in [-0.25, -0.2) is 0 Å². The highest BCUT2D eigenvalue weighted by Gasteiger charge is 2.22. The zero-order chi connectivity index (χ0) is 21.6. The maximum atomic E-state index is 5.98. The van der Waals surface area contributed by atoms with Crippen molar-refractivity contribution >= 4 is 23.3 Å². The fraction of sp³-hybridized carbons (Fsp3) is 0.348. The second-order valence-electron chi connectivity index (χ2n) is 7.68. The Morgan fingerprint density at radius 1 is 1.03 bits per heavy atom. The minimum atomic E-state index is 0.248. The standard InChI is InChI=1S/C23H29N7O/c1-3-17-6-4-5-7-20(17)25-23-27-21(26-22(24)28-23)16-29-12-14-30(15-13-29)18-8-10-19(31-2)11-9-18/h4-11H,3,12-16H2,1-2H3,(H3,24,25,26,27,28)/p+1. The summed E-state index contributed by atoms with van der Waals surface area (Å²) in [5, 5.41) is 3.31. The van der Waals surface area contributed by atoms with E-state index in [0.29, 0.717) is 5.95 Å². The Morgan fingerprint density at radius 2 is 1.77 bits per heavy atom. The highest BCUT2D eigenvalue weighted by molar-refractivity contribution is 5.58. The molecule has 1 saturated heterocycles. The summed E-state index contributed by atoms with van der Waals surface area (Å²) in [6, 6.07) is 16.4. The molecule has 1 aliphatic heterocycles. The summed E-state index contributed by atoms with van der Waals surface area (Å²) >= 11 is 0. The number of anilines is 4. The van der Waals surface area contributed by atoms with Crippen LogP contribution in [0.2, 0.25) is 0 Å². The summed E-state index contributed by atoms with van der Waals surface area (Å²) in [5.41, 5.74) is 9.42. The predicted octanol–water partition coefficient (Wildman–Crippen LogP) is 1.67. The molecule has 1 aliphatic rings. The molecule has 31 heavy (non-hydrogen) atoms. The van der Waals surface area contributed by atoms with Crippen LogP contribution < -0.4 is 25.6 Å². The molecule has 0 aliphatic carbocycles. The lowest BCUT2D eigenvalue weighted by molar-refractivity contribution is -0.915. The van der Waals surface area contributed by atoms with Gasteiger partial charge < -0.3 is 25.6 Å². The number of quaternary nitrogens is 1. The molecule has 1 fully saturated rings. The molecule has 162 valence electrons. The largest absolute Gasteiger partial charge is 0.497 e. The number of nitrogens with one attached hydrogen (secondary N) is 2. The van der Waals surface area contributed by atoms with Crippen molar-refractivity contribution in [2.45, 2.75) is 19.9 Å². The van der Waals surface area contributed by atoms with Crippen LogP contribution in [-0.4, -0.2) is 48.2 Å². The van der Waals surface area contributed by atoms with E-state index in [9.17, 15) is 0 Å². The van der Waals surface area contributed by atoms with Crippen LogP contribution in [0.25, 0.3) is 0 Å². The molecule has 1 aromatic heterocycles. The van der Waals surface area contributed by atoms with Gasteiger partial charge in [0.1, 0.15) is 12.3 Å².